The van der Waals surface area contributed by atoms with Crippen LogP contribution in [0.5, 0.6) is 0 Å². The van der Waals surface area contributed by atoms with E-state index in [0.717, 1.165) is 24.8 Å². The van der Waals surface area contributed by atoms with Crippen molar-refractivity contribution in [2.24, 2.45) is 0 Å². The van der Waals surface area contributed by atoms with E-state index < -0.39 is 11.9 Å². The van der Waals surface area contributed by atoms with Crippen LogP contribution < -0.4 is 10.2 Å². The zero-order valence-corrected chi connectivity index (χ0v) is 15.2. The Labute approximate surface area is 161 Å². The van der Waals surface area contributed by atoms with Gasteiger partial charge in [-0.3, -0.25) is 0 Å². The first-order valence-electron chi connectivity index (χ1n) is 7.28. The van der Waals surface area contributed by atoms with Crippen LogP contribution in [-0.4, -0.2) is 49.7 Å². The van der Waals surface area contributed by atoms with Gasteiger partial charge in [-0.2, -0.15) is 0 Å². The van der Waals surface area contributed by atoms with E-state index >= 15 is 0 Å². The second-order valence-corrected chi connectivity index (χ2v) is 5.03. The van der Waals surface area contributed by atoms with Crippen molar-refractivity contribution in [2.75, 3.05) is 0 Å². The number of benzene rings is 1. The summed E-state index contributed by atoms with van der Waals surface area (Å²) < 4.78 is 0. The second-order valence-electron chi connectivity index (χ2n) is 5.03. The summed E-state index contributed by atoms with van der Waals surface area (Å²) >= 11 is 0. The van der Waals surface area contributed by atoms with Gasteiger partial charge < -0.3 is 19.8 Å². The van der Waals surface area contributed by atoms with E-state index in [1.807, 2.05) is 6.07 Å². The maximum Gasteiger partial charge on any atom is 2.00 e. The van der Waals surface area contributed by atoms with Crippen LogP contribution in [0.15, 0.2) is 30.3 Å². The molecule has 0 radical (unpaired) electrons. The number of aliphatic carboxylic acids is 2. The van der Waals surface area contributed by atoms with Crippen LogP contribution in [-0.2, 0) is 16.0 Å². The summed E-state index contributed by atoms with van der Waals surface area (Å²) in [6.07, 6.45) is 7.21. The molecule has 0 heterocycles. The molecule has 0 fully saturated rings. The molecule has 0 aliphatic rings. The summed E-state index contributed by atoms with van der Waals surface area (Å²) in [5, 5.41) is 21.6. The largest absolute Gasteiger partial charge is 2.00 e. The van der Waals surface area contributed by atoms with Gasteiger partial charge in [-0.15, -0.1) is 0 Å². The number of hydrogen-bond donors (Lipinski definition) is 0. The number of carbonyl (C=O) groups is 2. The molecule has 5 heteroatoms. The fourth-order valence-electron chi connectivity index (χ4n) is 2.21. The molecule has 1 rings (SSSR count). The summed E-state index contributed by atoms with van der Waals surface area (Å²) in [5.74, 6) is -3.06. The molecular formula is C17H20CaO4. The number of carboxylic acids is 2. The Morgan fingerprint density at radius 3 is 2.36 bits per heavy atom. The molecule has 0 spiro atoms. The van der Waals surface area contributed by atoms with Gasteiger partial charge in [0.05, 0.1) is 11.9 Å². The predicted molar refractivity (Wildman–Crippen MR) is 82.7 cm³/mol. The van der Waals surface area contributed by atoms with Crippen molar-refractivity contribution >= 4 is 55.2 Å². The van der Waals surface area contributed by atoms with Crippen molar-refractivity contribution in [3.63, 3.8) is 0 Å². The molecule has 0 unspecified atom stereocenters. The molecule has 0 amide bonds. The molecule has 0 aliphatic carbocycles. The Balaban J connectivity index is 0.00000441. The molecule has 0 atom stereocenters. The second kappa shape index (κ2) is 11.7. The first-order chi connectivity index (χ1) is 10.0. The molecule has 0 aliphatic heterocycles. The Hall–Kier alpha value is -0.840. The van der Waals surface area contributed by atoms with E-state index in [4.69, 9.17) is 0 Å². The van der Waals surface area contributed by atoms with Crippen LogP contribution in [0.3, 0.4) is 0 Å². The number of rotatable bonds is 9. The standard InChI is InChI=1S/C17H22O4.Ca/c1-2-3-4-5-6-8-13-9-7-10-14(11-13)15(17(20)21)12-16(18)19;/h7,9-12H,2-6,8H2,1H3,(H,18,19)(H,20,21);/q;+2/p-2/b15-12-;. The molecule has 1 aromatic carbocycles. The summed E-state index contributed by atoms with van der Waals surface area (Å²) in [6.45, 7) is 2.16. The smallest absolute Gasteiger partial charge is 0.545 e. The van der Waals surface area contributed by atoms with Gasteiger partial charge in [0.15, 0.2) is 0 Å². The molecule has 0 aromatic heterocycles. The quantitative estimate of drug-likeness (QED) is 0.380. The van der Waals surface area contributed by atoms with Crippen molar-refractivity contribution in [1.29, 1.82) is 0 Å². The first kappa shape index (κ1) is 21.2. The minimum atomic E-state index is -1.54. The van der Waals surface area contributed by atoms with Crippen molar-refractivity contribution in [3.8, 4) is 0 Å². The van der Waals surface area contributed by atoms with E-state index in [1.165, 1.54) is 19.3 Å². The van der Waals surface area contributed by atoms with Gasteiger partial charge in [0.2, 0.25) is 0 Å². The average molecular weight is 328 g/mol. The number of hydrogen-bond acceptors (Lipinski definition) is 4. The Kier molecular flexibility index (Phi) is 11.2. The molecule has 0 saturated carbocycles. The third-order valence-electron chi connectivity index (χ3n) is 3.29. The van der Waals surface area contributed by atoms with E-state index in [2.05, 4.69) is 6.92 Å². The topological polar surface area (TPSA) is 80.3 Å². The Bertz CT molecular complexity index is 523. The maximum absolute atomic E-state index is 11.0. The van der Waals surface area contributed by atoms with E-state index in [1.54, 1.807) is 18.2 Å². The minimum absolute atomic E-state index is 0. The molecule has 4 nitrogen and oxygen atoms in total. The van der Waals surface area contributed by atoms with Crippen LogP contribution in [0.1, 0.15) is 50.2 Å². The zero-order valence-electron chi connectivity index (χ0n) is 13.0. The third-order valence-corrected chi connectivity index (χ3v) is 3.29. The van der Waals surface area contributed by atoms with E-state index in [0.29, 0.717) is 11.6 Å². The zero-order chi connectivity index (χ0) is 15.7. The molecular weight excluding hydrogens is 308 g/mol. The molecule has 114 valence electrons. The molecule has 1 aromatic rings. The summed E-state index contributed by atoms with van der Waals surface area (Å²) in [6, 6.07) is 6.90. The van der Waals surface area contributed by atoms with Gasteiger partial charge in [0.1, 0.15) is 0 Å². The van der Waals surface area contributed by atoms with Crippen LogP contribution in [0.25, 0.3) is 5.57 Å². The van der Waals surface area contributed by atoms with Crippen molar-refractivity contribution < 1.29 is 19.8 Å². The van der Waals surface area contributed by atoms with Crippen LogP contribution in [0.4, 0.5) is 0 Å². The molecule has 0 bridgehead atoms. The summed E-state index contributed by atoms with van der Waals surface area (Å²) in [7, 11) is 0. The van der Waals surface area contributed by atoms with E-state index in [9.17, 15) is 19.8 Å². The fraction of sp³-hybridized carbons (Fsp3) is 0.412. The van der Waals surface area contributed by atoms with Gasteiger partial charge in [-0.25, -0.2) is 0 Å². The SMILES string of the molecule is CCCCCCCc1cccc(/C(=C/C(=O)[O-])C(=O)[O-])c1.[Ca+2]. The number of carbonyl (C=O) groups excluding carboxylic acids is 2. The fourth-order valence-corrected chi connectivity index (χ4v) is 2.21. The van der Waals surface area contributed by atoms with Gasteiger partial charge in [-0.1, -0.05) is 56.9 Å². The van der Waals surface area contributed by atoms with Gasteiger partial charge >= 0.3 is 37.7 Å². The minimum Gasteiger partial charge on any atom is -0.545 e. The summed E-state index contributed by atoms with van der Waals surface area (Å²) in [4.78, 5) is 21.6. The number of unbranched alkanes of at least 4 members (excludes halogenated alkanes) is 4. The van der Waals surface area contributed by atoms with Gasteiger partial charge in [0, 0.05) is 5.57 Å². The van der Waals surface area contributed by atoms with Crippen molar-refractivity contribution in [1.82, 2.24) is 0 Å². The van der Waals surface area contributed by atoms with Crippen LogP contribution in [0, 0.1) is 0 Å². The van der Waals surface area contributed by atoms with Gasteiger partial charge in [-0.05, 0) is 30.0 Å². The predicted octanol–water partition coefficient (Wildman–Crippen LogP) is 0.702. The third kappa shape index (κ3) is 7.97. The molecule has 22 heavy (non-hydrogen) atoms. The Morgan fingerprint density at radius 2 is 1.77 bits per heavy atom. The monoisotopic (exact) mass is 328 g/mol. The molecule has 0 saturated heterocycles. The Morgan fingerprint density at radius 1 is 1.09 bits per heavy atom. The number of aryl methyl sites for hydroxylation is 1. The first-order valence-corrected chi connectivity index (χ1v) is 7.28. The van der Waals surface area contributed by atoms with Crippen LogP contribution >= 0.6 is 0 Å². The molecule has 0 N–H and O–H groups in total. The number of carboxylic acid groups (broad SMARTS) is 2. The normalized spacial score (nSPS) is 10.9. The average Bonchev–Trinajstić information content (AvgIpc) is 2.44. The van der Waals surface area contributed by atoms with E-state index in [-0.39, 0.29) is 43.3 Å². The van der Waals surface area contributed by atoms with Crippen molar-refractivity contribution in [3.05, 3.63) is 41.5 Å². The van der Waals surface area contributed by atoms with Gasteiger partial charge in [0.25, 0.3) is 0 Å². The van der Waals surface area contributed by atoms with Crippen LogP contribution in [0.2, 0.25) is 0 Å². The maximum atomic E-state index is 11.0. The van der Waals surface area contributed by atoms with Crippen molar-refractivity contribution in [2.45, 2.75) is 45.4 Å². The summed E-state index contributed by atoms with van der Waals surface area (Å²) in [5.41, 5.74) is 0.975.